The molecule has 0 saturated carbocycles. The molecule has 0 bridgehead atoms. The zero-order valence-electron chi connectivity index (χ0n) is 16.6. The Morgan fingerprint density at radius 3 is 2.32 bits per heavy atom. The lowest BCUT2D eigenvalue weighted by atomic mass is 10.1. The van der Waals surface area contributed by atoms with Gasteiger partial charge in [-0.1, -0.05) is 17.7 Å². The lowest BCUT2D eigenvalue weighted by molar-refractivity contribution is -0.130. The van der Waals surface area contributed by atoms with Crippen molar-refractivity contribution in [3.8, 4) is 0 Å². The summed E-state index contributed by atoms with van der Waals surface area (Å²) in [5, 5.41) is 2.91. The number of nitrogens with one attached hydrogen (secondary N) is 1. The molecule has 0 radical (unpaired) electrons. The van der Waals surface area contributed by atoms with Gasteiger partial charge in [-0.2, -0.15) is 0 Å². The van der Waals surface area contributed by atoms with E-state index in [0.29, 0.717) is 31.9 Å². The van der Waals surface area contributed by atoms with Crippen LogP contribution < -0.4 is 5.32 Å². The van der Waals surface area contributed by atoms with Crippen molar-refractivity contribution in [3.63, 3.8) is 0 Å². The minimum atomic E-state index is -0.182. The SMILES string of the molecule is CC(=O)N1CCN(C(=O)c2cccn2CC(=O)Nc2ccc(C)cc2C)CC1. The topological polar surface area (TPSA) is 74.7 Å². The summed E-state index contributed by atoms with van der Waals surface area (Å²) in [7, 11) is 0. The molecular formula is C21H26N4O3. The Balaban J connectivity index is 1.64. The number of aryl methyl sites for hydroxylation is 2. The smallest absolute Gasteiger partial charge is 0.270 e. The number of aromatic nitrogens is 1. The maximum absolute atomic E-state index is 12.9. The average molecular weight is 382 g/mol. The van der Waals surface area contributed by atoms with E-state index in [4.69, 9.17) is 0 Å². The molecule has 3 amide bonds. The van der Waals surface area contributed by atoms with Crippen LogP contribution >= 0.6 is 0 Å². The van der Waals surface area contributed by atoms with Crippen LogP contribution in [0, 0.1) is 13.8 Å². The molecule has 0 aliphatic carbocycles. The number of hydrogen-bond acceptors (Lipinski definition) is 3. The normalized spacial score (nSPS) is 14.1. The summed E-state index contributed by atoms with van der Waals surface area (Å²) in [6, 6.07) is 9.35. The van der Waals surface area contributed by atoms with E-state index in [2.05, 4.69) is 5.32 Å². The van der Waals surface area contributed by atoms with Crippen LogP contribution in [-0.2, 0) is 16.1 Å². The Hall–Kier alpha value is -3.09. The Morgan fingerprint density at radius 1 is 1.00 bits per heavy atom. The molecule has 2 aromatic rings. The largest absolute Gasteiger partial charge is 0.339 e. The monoisotopic (exact) mass is 382 g/mol. The average Bonchev–Trinajstić information content (AvgIpc) is 3.11. The minimum Gasteiger partial charge on any atom is -0.339 e. The van der Waals surface area contributed by atoms with Crippen LogP contribution in [0.1, 0.15) is 28.5 Å². The molecule has 0 atom stereocenters. The van der Waals surface area contributed by atoms with Crippen molar-refractivity contribution in [3.05, 3.63) is 53.3 Å². The summed E-state index contributed by atoms with van der Waals surface area (Å²) in [4.78, 5) is 40.3. The molecule has 148 valence electrons. The van der Waals surface area contributed by atoms with Gasteiger partial charge in [0.25, 0.3) is 5.91 Å². The maximum atomic E-state index is 12.9. The van der Waals surface area contributed by atoms with Gasteiger partial charge in [0.2, 0.25) is 11.8 Å². The fourth-order valence-corrected chi connectivity index (χ4v) is 3.43. The zero-order chi connectivity index (χ0) is 20.3. The van der Waals surface area contributed by atoms with E-state index >= 15 is 0 Å². The van der Waals surface area contributed by atoms with Crippen LogP contribution in [0.3, 0.4) is 0 Å². The first-order valence-corrected chi connectivity index (χ1v) is 9.42. The van der Waals surface area contributed by atoms with Crippen molar-refractivity contribution in [2.24, 2.45) is 0 Å². The second-order valence-electron chi connectivity index (χ2n) is 7.19. The summed E-state index contributed by atoms with van der Waals surface area (Å²) in [6.45, 7) is 7.63. The number of piperazine rings is 1. The van der Waals surface area contributed by atoms with Crippen LogP contribution in [0.5, 0.6) is 0 Å². The highest BCUT2D eigenvalue weighted by atomic mass is 16.2. The number of benzene rings is 1. The summed E-state index contributed by atoms with van der Waals surface area (Å²) < 4.78 is 1.67. The molecule has 1 aliphatic rings. The summed E-state index contributed by atoms with van der Waals surface area (Å²) >= 11 is 0. The van der Waals surface area contributed by atoms with E-state index < -0.39 is 0 Å². The van der Waals surface area contributed by atoms with E-state index in [1.54, 1.807) is 32.7 Å². The van der Waals surface area contributed by atoms with Gasteiger partial charge in [0.05, 0.1) is 0 Å². The van der Waals surface area contributed by atoms with Crippen molar-refractivity contribution in [1.29, 1.82) is 0 Å². The lowest BCUT2D eigenvalue weighted by Crippen LogP contribution is -2.50. The molecule has 1 N–H and O–H groups in total. The maximum Gasteiger partial charge on any atom is 0.270 e. The van der Waals surface area contributed by atoms with Crippen LogP contribution in [-0.4, -0.2) is 58.3 Å². The van der Waals surface area contributed by atoms with E-state index in [1.165, 1.54) is 6.92 Å². The van der Waals surface area contributed by atoms with Gasteiger partial charge in [0.15, 0.2) is 0 Å². The van der Waals surface area contributed by atoms with Gasteiger partial charge in [-0.25, -0.2) is 0 Å². The lowest BCUT2D eigenvalue weighted by Gasteiger charge is -2.34. The number of carbonyl (C=O) groups excluding carboxylic acids is 3. The highest BCUT2D eigenvalue weighted by molar-refractivity contribution is 5.95. The predicted octanol–water partition coefficient (Wildman–Crippen LogP) is 2.05. The van der Waals surface area contributed by atoms with Crippen LogP contribution in [0.4, 0.5) is 5.69 Å². The molecule has 28 heavy (non-hydrogen) atoms. The van der Waals surface area contributed by atoms with Crippen LogP contribution in [0.25, 0.3) is 0 Å². The number of anilines is 1. The van der Waals surface area contributed by atoms with Gasteiger partial charge in [-0.05, 0) is 37.6 Å². The van der Waals surface area contributed by atoms with Crippen LogP contribution in [0.15, 0.2) is 36.5 Å². The second kappa shape index (κ2) is 8.29. The third-order valence-electron chi connectivity index (χ3n) is 5.03. The molecule has 1 aromatic heterocycles. The molecule has 7 heteroatoms. The number of rotatable bonds is 4. The van der Waals surface area contributed by atoms with E-state index in [0.717, 1.165) is 16.8 Å². The molecule has 2 heterocycles. The van der Waals surface area contributed by atoms with Gasteiger partial charge in [0, 0.05) is 45.0 Å². The first-order valence-electron chi connectivity index (χ1n) is 9.42. The second-order valence-corrected chi connectivity index (χ2v) is 7.19. The molecule has 0 spiro atoms. The van der Waals surface area contributed by atoms with E-state index in [1.807, 2.05) is 32.0 Å². The standard InChI is InChI=1S/C21H26N4O3/c1-15-6-7-18(16(2)13-15)22-20(27)14-25-8-4-5-19(25)21(28)24-11-9-23(10-12-24)17(3)26/h4-8,13H,9-12,14H2,1-3H3,(H,22,27). The first-order chi connectivity index (χ1) is 13.3. The zero-order valence-corrected chi connectivity index (χ0v) is 16.6. The highest BCUT2D eigenvalue weighted by Crippen LogP contribution is 2.16. The molecule has 1 saturated heterocycles. The van der Waals surface area contributed by atoms with Crippen molar-refractivity contribution < 1.29 is 14.4 Å². The van der Waals surface area contributed by atoms with E-state index in [9.17, 15) is 14.4 Å². The summed E-state index contributed by atoms with van der Waals surface area (Å²) in [5.41, 5.74) is 3.39. The molecule has 1 fully saturated rings. The van der Waals surface area contributed by atoms with Crippen molar-refractivity contribution >= 4 is 23.4 Å². The number of nitrogens with zero attached hydrogens (tertiary/aromatic N) is 3. The molecular weight excluding hydrogens is 356 g/mol. The third kappa shape index (κ3) is 4.42. The van der Waals surface area contributed by atoms with Gasteiger partial charge in [-0.15, -0.1) is 0 Å². The molecule has 7 nitrogen and oxygen atoms in total. The Labute approximate surface area is 164 Å². The highest BCUT2D eigenvalue weighted by Gasteiger charge is 2.25. The summed E-state index contributed by atoms with van der Waals surface area (Å²) in [5.74, 6) is -0.273. The molecule has 0 unspecified atom stereocenters. The minimum absolute atomic E-state index is 0.0264. The molecule has 1 aromatic carbocycles. The quantitative estimate of drug-likeness (QED) is 0.879. The summed E-state index contributed by atoms with van der Waals surface area (Å²) in [6.07, 6.45) is 1.74. The van der Waals surface area contributed by atoms with Crippen LogP contribution in [0.2, 0.25) is 0 Å². The molecule has 3 rings (SSSR count). The number of amides is 3. The third-order valence-corrected chi connectivity index (χ3v) is 5.03. The van der Waals surface area contributed by atoms with Crippen molar-refractivity contribution in [2.75, 3.05) is 31.5 Å². The van der Waals surface area contributed by atoms with Gasteiger partial charge in [-0.3, -0.25) is 14.4 Å². The fourth-order valence-electron chi connectivity index (χ4n) is 3.43. The Morgan fingerprint density at radius 2 is 1.68 bits per heavy atom. The van der Waals surface area contributed by atoms with Gasteiger partial charge >= 0.3 is 0 Å². The number of carbonyl (C=O) groups is 3. The van der Waals surface area contributed by atoms with E-state index in [-0.39, 0.29) is 24.3 Å². The van der Waals surface area contributed by atoms with Crippen molar-refractivity contribution in [1.82, 2.24) is 14.4 Å². The predicted molar refractivity (Wildman–Crippen MR) is 107 cm³/mol. The van der Waals surface area contributed by atoms with Gasteiger partial charge in [0.1, 0.15) is 12.2 Å². The van der Waals surface area contributed by atoms with Gasteiger partial charge < -0.3 is 19.7 Å². The first kappa shape index (κ1) is 19.7. The molecule has 1 aliphatic heterocycles. The van der Waals surface area contributed by atoms with Crippen molar-refractivity contribution in [2.45, 2.75) is 27.3 Å². The fraction of sp³-hybridized carbons (Fsp3) is 0.381. The Kier molecular flexibility index (Phi) is 5.82. The Bertz CT molecular complexity index is 895. The number of hydrogen-bond donors (Lipinski definition) is 1.